The minimum Gasteiger partial charge on any atom is -0.456 e. The first-order valence-electron chi connectivity index (χ1n) is 26.1. The molecular formula is C69H66N4O+2. The molecule has 5 nitrogen and oxygen atoms in total. The number of benzene rings is 7. The van der Waals surface area contributed by atoms with Crippen LogP contribution in [0, 0.1) is 13.8 Å². The highest BCUT2D eigenvalue weighted by Crippen LogP contribution is 2.47. The van der Waals surface area contributed by atoms with E-state index in [1.54, 1.807) is 0 Å². The maximum atomic E-state index is 6.43. The summed E-state index contributed by atoms with van der Waals surface area (Å²) in [4.78, 5) is 7.46. The maximum absolute atomic E-state index is 6.43. The van der Waals surface area contributed by atoms with Gasteiger partial charge in [0, 0.05) is 41.2 Å². The SMILES string of the molecule is C=C(C)c1ccccc1.CC.CC.CCc1ccccc1.Cc1ccccc1-c1cc2c(cc1C)oc1ccc(-c3ccnc(N4c5cccc6c5C[n+]5ccccc5-c5cccc4c5-[n+]4ccccc4-6)c3)cc12. The van der Waals surface area contributed by atoms with Crippen molar-refractivity contribution < 1.29 is 13.6 Å². The number of furan rings is 1. The minimum atomic E-state index is 0.721. The van der Waals surface area contributed by atoms with Gasteiger partial charge in [-0.15, -0.1) is 0 Å². The fraction of sp³-hybridized carbons (Fsp3) is 0.145. The van der Waals surface area contributed by atoms with Crippen molar-refractivity contribution in [2.45, 2.75) is 68.4 Å². The minimum absolute atomic E-state index is 0.721. The van der Waals surface area contributed by atoms with Crippen molar-refractivity contribution >= 4 is 44.7 Å². The van der Waals surface area contributed by atoms with Crippen LogP contribution in [0.2, 0.25) is 0 Å². The van der Waals surface area contributed by atoms with Crippen molar-refractivity contribution in [3.63, 3.8) is 0 Å². The van der Waals surface area contributed by atoms with Gasteiger partial charge in [-0.1, -0.05) is 150 Å². The normalized spacial score (nSPS) is 11.3. The molecule has 366 valence electrons. The number of para-hydroxylation sites is 1. The molecular weight excluding hydrogens is 901 g/mol. The Bertz CT molecular complexity index is 3740. The molecule has 0 N–H and O–H groups in total. The summed E-state index contributed by atoms with van der Waals surface area (Å²) in [5.74, 6) is 0.866. The summed E-state index contributed by atoms with van der Waals surface area (Å²) in [7, 11) is 0. The third-order valence-electron chi connectivity index (χ3n) is 13.6. The first-order chi connectivity index (χ1) is 36.3. The van der Waals surface area contributed by atoms with Gasteiger partial charge >= 0.3 is 0 Å². The summed E-state index contributed by atoms with van der Waals surface area (Å²) in [6, 6.07) is 70.9. The number of rotatable bonds is 5. The molecule has 5 heteroatoms. The Morgan fingerprint density at radius 2 is 1.19 bits per heavy atom. The maximum Gasteiger partial charge on any atom is 0.249 e. The van der Waals surface area contributed by atoms with Crippen molar-refractivity contribution in [3.8, 4) is 50.5 Å². The predicted molar refractivity (Wildman–Crippen MR) is 311 cm³/mol. The molecule has 3 aliphatic heterocycles. The molecule has 7 heterocycles. The third kappa shape index (κ3) is 9.94. The van der Waals surface area contributed by atoms with Crippen molar-refractivity contribution in [2.75, 3.05) is 4.90 Å². The number of fused-ring (bicyclic) bond motifs is 3. The number of hydrogen-bond donors (Lipinski definition) is 0. The Kier molecular flexibility index (Phi) is 15.5. The number of hydrogen-bond acceptors (Lipinski definition) is 3. The highest BCUT2D eigenvalue weighted by atomic mass is 16.3. The average molecular weight is 967 g/mol. The van der Waals surface area contributed by atoms with E-state index in [2.05, 4.69) is 230 Å². The van der Waals surface area contributed by atoms with E-state index in [1.807, 2.05) is 65.1 Å². The van der Waals surface area contributed by atoms with E-state index in [0.29, 0.717) is 0 Å². The molecule has 0 radical (unpaired) electrons. The first-order valence-corrected chi connectivity index (χ1v) is 26.1. The molecule has 74 heavy (non-hydrogen) atoms. The summed E-state index contributed by atoms with van der Waals surface area (Å²) in [6.45, 7) is 21.1. The Morgan fingerprint density at radius 1 is 0.554 bits per heavy atom. The summed E-state index contributed by atoms with van der Waals surface area (Å²) in [6.07, 6.45) is 7.47. The standard InChI is InChI=1S/C48H34N4O.C9H10.C8H10.2C2H6/c1-30-11-3-4-12-34(30)37-28-39-38-26-32(19-20-45(38)53-46(39)25-31(37)2)33-21-22-49-47(27-33)52-43-17-9-13-35-40(43)29-50-23-7-5-15-41(50)36-14-10-18-44(52)48(36)51-24-8-6-16-42(35)51;1-8(2)9-6-4-3-5-7-9;1-2-8-6-4-3-5-7-8;2*1-2/h3-28H,29H2,1-2H3;3-7H,1H2,2H3;3-7H,2H2,1H3;2*1-2H3/q+2;;;;. The largest absolute Gasteiger partial charge is 0.456 e. The van der Waals surface area contributed by atoms with Gasteiger partial charge in [0.15, 0.2) is 18.9 Å². The number of nitrogens with zero attached hydrogens (tertiary/aromatic N) is 4. The monoisotopic (exact) mass is 967 g/mol. The van der Waals surface area contributed by atoms with Crippen LogP contribution in [-0.2, 0) is 13.0 Å². The van der Waals surface area contributed by atoms with Gasteiger partial charge in [-0.2, -0.15) is 9.13 Å². The van der Waals surface area contributed by atoms with Crippen LogP contribution in [0.3, 0.4) is 0 Å². The van der Waals surface area contributed by atoms with Gasteiger partial charge in [0.2, 0.25) is 17.1 Å². The fourth-order valence-electron chi connectivity index (χ4n) is 10.1. The van der Waals surface area contributed by atoms with Gasteiger partial charge in [-0.05, 0) is 144 Å². The Labute approximate surface area is 438 Å². The van der Waals surface area contributed by atoms with E-state index in [4.69, 9.17) is 9.40 Å². The summed E-state index contributed by atoms with van der Waals surface area (Å²) < 4.78 is 11.2. The molecule has 4 aromatic heterocycles. The van der Waals surface area contributed by atoms with E-state index in [1.165, 1.54) is 61.5 Å². The highest BCUT2D eigenvalue weighted by molar-refractivity contribution is 6.08. The second-order valence-corrected chi connectivity index (χ2v) is 18.2. The molecule has 11 aromatic rings. The highest BCUT2D eigenvalue weighted by Gasteiger charge is 2.38. The van der Waals surface area contributed by atoms with Crippen molar-refractivity contribution in [2.24, 2.45) is 0 Å². The Morgan fingerprint density at radius 3 is 1.91 bits per heavy atom. The van der Waals surface area contributed by atoms with Crippen molar-refractivity contribution in [1.29, 1.82) is 0 Å². The van der Waals surface area contributed by atoms with Crippen molar-refractivity contribution in [3.05, 3.63) is 253 Å². The molecule has 7 aromatic carbocycles. The first kappa shape index (κ1) is 50.3. The van der Waals surface area contributed by atoms with Crippen LogP contribution in [0.15, 0.2) is 230 Å². The van der Waals surface area contributed by atoms with Gasteiger partial charge in [0.1, 0.15) is 28.2 Å². The molecule has 0 unspecified atom stereocenters. The second kappa shape index (κ2) is 22.8. The number of aryl methyl sites for hydroxylation is 3. The van der Waals surface area contributed by atoms with Crippen LogP contribution in [0.4, 0.5) is 17.2 Å². The zero-order chi connectivity index (χ0) is 51.7. The van der Waals surface area contributed by atoms with Crippen LogP contribution in [0.1, 0.15) is 69.4 Å². The molecule has 0 spiro atoms. The average Bonchev–Trinajstić information content (AvgIpc) is 3.85. The lowest BCUT2D eigenvalue weighted by Crippen LogP contribution is -2.37. The number of allylic oxidation sites excluding steroid dienone is 1. The molecule has 0 amide bonds. The van der Waals surface area contributed by atoms with Crippen LogP contribution in [0.25, 0.3) is 78.0 Å². The van der Waals surface area contributed by atoms with E-state index in [9.17, 15) is 0 Å². The lowest BCUT2D eigenvalue weighted by Gasteiger charge is -2.28. The van der Waals surface area contributed by atoms with E-state index in [-0.39, 0.29) is 0 Å². The molecule has 0 saturated heterocycles. The second-order valence-electron chi connectivity index (χ2n) is 18.2. The molecule has 14 rings (SSSR count). The van der Waals surface area contributed by atoms with E-state index < -0.39 is 0 Å². The lowest BCUT2D eigenvalue weighted by molar-refractivity contribution is -0.677. The molecule has 0 aliphatic carbocycles. The molecule has 6 bridgehead atoms. The fourth-order valence-corrected chi connectivity index (χ4v) is 10.1. The Balaban J connectivity index is 0.000000270. The number of anilines is 3. The third-order valence-corrected chi connectivity index (χ3v) is 13.6. The van der Waals surface area contributed by atoms with Gasteiger partial charge in [0.05, 0.1) is 16.8 Å². The zero-order valence-electron chi connectivity index (χ0n) is 44.1. The summed E-state index contributed by atoms with van der Waals surface area (Å²) in [5.41, 5.74) is 22.0. The van der Waals surface area contributed by atoms with Crippen LogP contribution in [0.5, 0.6) is 0 Å². The smallest absolute Gasteiger partial charge is 0.249 e. The molecule has 0 fully saturated rings. The van der Waals surface area contributed by atoms with Gasteiger partial charge < -0.3 is 4.42 Å². The quantitative estimate of drug-likeness (QED) is 0.161. The van der Waals surface area contributed by atoms with Crippen LogP contribution < -0.4 is 14.0 Å². The van der Waals surface area contributed by atoms with Gasteiger partial charge in [-0.3, -0.25) is 4.90 Å². The van der Waals surface area contributed by atoms with Gasteiger partial charge in [-0.25, -0.2) is 4.98 Å². The van der Waals surface area contributed by atoms with E-state index >= 15 is 0 Å². The Hall–Kier alpha value is -8.67. The lowest BCUT2D eigenvalue weighted by atomic mass is 9.94. The molecule has 0 saturated carbocycles. The number of pyridine rings is 3. The predicted octanol–water partition coefficient (Wildman–Crippen LogP) is 18.0. The van der Waals surface area contributed by atoms with Crippen molar-refractivity contribution in [1.82, 2.24) is 4.98 Å². The van der Waals surface area contributed by atoms with Crippen LogP contribution >= 0.6 is 0 Å². The zero-order valence-corrected chi connectivity index (χ0v) is 44.1. The topological polar surface area (TPSA) is 37.0 Å². The molecule has 3 aliphatic rings. The van der Waals surface area contributed by atoms with Crippen LogP contribution in [-0.4, -0.2) is 4.98 Å². The van der Waals surface area contributed by atoms with Gasteiger partial charge in [0.25, 0.3) is 0 Å². The number of aromatic nitrogens is 3. The summed E-state index contributed by atoms with van der Waals surface area (Å²) >= 11 is 0. The molecule has 0 atom stereocenters. The van der Waals surface area contributed by atoms with E-state index in [0.717, 1.165) is 74.5 Å². The summed E-state index contributed by atoms with van der Waals surface area (Å²) in [5, 5.41) is 2.23.